The topological polar surface area (TPSA) is 135 Å². The Balaban J connectivity index is 0.000000437. The third-order valence-electron chi connectivity index (χ3n) is 2.71. The van der Waals surface area contributed by atoms with Crippen LogP contribution >= 0.6 is 0 Å². The molecular weight excluding hydrogens is 388 g/mol. The van der Waals surface area contributed by atoms with Crippen LogP contribution in [0.25, 0.3) is 11.1 Å². The highest BCUT2D eigenvalue weighted by Gasteiger charge is 2.01. The van der Waals surface area contributed by atoms with E-state index in [1.165, 1.54) is 11.1 Å². The molecule has 0 aliphatic rings. The van der Waals surface area contributed by atoms with Gasteiger partial charge in [-0.2, -0.15) is 16.8 Å². The maximum Gasteiger partial charge on any atom is 0.397 e. The van der Waals surface area contributed by atoms with Gasteiger partial charge in [-0.1, -0.05) is 0 Å². The normalized spacial score (nSPS) is 10.8. The fourth-order valence-corrected chi connectivity index (χ4v) is 1.39. The van der Waals surface area contributed by atoms with Gasteiger partial charge < -0.3 is 0 Å². The molecule has 2 aromatic rings. The van der Waals surface area contributed by atoms with Crippen LogP contribution in [0.5, 0.6) is 0 Å². The summed E-state index contributed by atoms with van der Waals surface area (Å²) in [5.74, 6) is 0. The molecule has 26 heavy (non-hydrogen) atoms. The molecule has 0 aromatic carbocycles. The van der Waals surface area contributed by atoms with Crippen molar-refractivity contribution in [3.63, 3.8) is 0 Å². The van der Waals surface area contributed by atoms with E-state index in [0.29, 0.717) is 0 Å². The molecule has 0 saturated carbocycles. The van der Waals surface area contributed by atoms with Crippen LogP contribution in [0, 0.1) is 0 Å². The van der Waals surface area contributed by atoms with Crippen LogP contribution in [0.4, 0.5) is 0 Å². The number of aryl methyl sites for hydroxylation is 2. The Kier molecular flexibility index (Phi) is 10.1. The summed E-state index contributed by atoms with van der Waals surface area (Å²) in [7, 11) is -2.54. The van der Waals surface area contributed by atoms with Crippen LogP contribution in [0.3, 0.4) is 0 Å². The van der Waals surface area contributed by atoms with E-state index in [-0.39, 0.29) is 0 Å². The number of rotatable bonds is 3. The molecule has 0 fully saturated rings. The number of aromatic nitrogens is 2. The summed E-state index contributed by atoms with van der Waals surface area (Å²) in [5.41, 5.74) is 2.51. The Bertz CT molecular complexity index is 789. The Morgan fingerprint density at radius 3 is 1.04 bits per heavy atom. The number of hydrogen-bond acceptors (Lipinski definition) is 6. The van der Waals surface area contributed by atoms with Crippen molar-refractivity contribution in [1.82, 2.24) is 0 Å². The maximum absolute atomic E-state index is 9.33. The molecule has 10 nitrogen and oxygen atoms in total. The first-order valence-electron chi connectivity index (χ1n) is 6.85. The molecule has 2 aromatic heterocycles. The third kappa shape index (κ3) is 12.4. The lowest BCUT2D eigenvalue weighted by Gasteiger charge is -1.97. The highest BCUT2D eigenvalue weighted by Crippen LogP contribution is 2.14. The van der Waals surface area contributed by atoms with Gasteiger partial charge in [0.2, 0.25) is 0 Å². The minimum absolute atomic E-state index is 0.870. The van der Waals surface area contributed by atoms with E-state index in [1.807, 2.05) is 23.2 Å². The summed E-state index contributed by atoms with van der Waals surface area (Å²) in [6.07, 6.45) is 8.23. The van der Waals surface area contributed by atoms with E-state index in [9.17, 15) is 16.8 Å². The van der Waals surface area contributed by atoms with E-state index in [1.54, 1.807) is 0 Å². The zero-order valence-corrected chi connectivity index (χ0v) is 16.3. The van der Waals surface area contributed by atoms with Crippen molar-refractivity contribution >= 4 is 20.8 Å². The Morgan fingerprint density at radius 2 is 0.885 bits per heavy atom. The van der Waals surface area contributed by atoms with Gasteiger partial charge in [-0.25, -0.2) is 9.13 Å². The van der Waals surface area contributed by atoms with Crippen LogP contribution in [-0.4, -0.2) is 40.2 Å². The lowest BCUT2D eigenvalue weighted by molar-refractivity contribution is -0.671. The van der Waals surface area contributed by atoms with E-state index in [0.717, 1.165) is 14.2 Å². The lowest BCUT2D eigenvalue weighted by atomic mass is 10.1. The molecule has 0 atom stereocenters. The highest BCUT2D eigenvalue weighted by atomic mass is 32.3. The van der Waals surface area contributed by atoms with Crippen LogP contribution in [0.1, 0.15) is 0 Å². The molecule has 12 heteroatoms. The van der Waals surface area contributed by atoms with Crippen molar-refractivity contribution in [2.45, 2.75) is 0 Å². The second kappa shape index (κ2) is 10.9. The minimum atomic E-state index is -4.16. The van der Waals surface area contributed by atoms with Crippen molar-refractivity contribution < 1.29 is 43.4 Å². The van der Waals surface area contributed by atoms with Gasteiger partial charge in [-0.15, -0.1) is 0 Å². The molecule has 0 saturated heterocycles. The summed E-state index contributed by atoms with van der Waals surface area (Å²) in [4.78, 5) is 0. The fraction of sp³-hybridized carbons (Fsp3) is 0.286. The largest absolute Gasteiger partial charge is 0.397 e. The van der Waals surface area contributed by atoms with E-state index in [2.05, 4.69) is 57.4 Å². The Labute approximate surface area is 153 Å². The number of hydrogen-bond donors (Lipinski definition) is 2. The summed E-state index contributed by atoms with van der Waals surface area (Å²) in [6, 6.07) is 8.48. The molecule has 0 aliphatic heterocycles. The molecule has 2 rings (SSSR count). The quantitative estimate of drug-likeness (QED) is 0.528. The number of nitrogens with zero attached hydrogens (tertiary/aromatic N) is 2. The molecule has 0 aliphatic carbocycles. The smallest absolute Gasteiger partial charge is 0.264 e. The van der Waals surface area contributed by atoms with Crippen LogP contribution in [0.15, 0.2) is 49.1 Å². The minimum Gasteiger partial charge on any atom is -0.264 e. The molecule has 2 heterocycles. The fourth-order valence-electron chi connectivity index (χ4n) is 1.39. The summed E-state index contributed by atoms with van der Waals surface area (Å²) in [6.45, 7) is 0. The molecule has 0 spiro atoms. The van der Waals surface area contributed by atoms with Crippen molar-refractivity contribution in [3.05, 3.63) is 49.1 Å². The van der Waals surface area contributed by atoms with Crippen LogP contribution in [0.2, 0.25) is 0 Å². The van der Waals surface area contributed by atoms with Gasteiger partial charge in [0.05, 0.1) is 14.2 Å². The summed E-state index contributed by atoms with van der Waals surface area (Å²) >= 11 is 0. The van der Waals surface area contributed by atoms with Gasteiger partial charge >= 0.3 is 20.8 Å². The standard InChI is InChI=1S/C12H14N2.2CH4O4S/c1-13-7-3-11(4-8-13)12-5-9-14(2)10-6-12;2*1-5-6(2,3)4/h3-10H,1-2H3;2*1H3,(H,2,3,4)/q+2;;. The monoisotopic (exact) mass is 410 g/mol. The Morgan fingerprint density at radius 1 is 0.692 bits per heavy atom. The lowest BCUT2D eigenvalue weighted by Crippen LogP contribution is -2.26. The average Bonchev–Trinajstić information content (AvgIpc) is 2.56. The van der Waals surface area contributed by atoms with E-state index in [4.69, 9.17) is 9.11 Å². The zero-order valence-electron chi connectivity index (χ0n) is 14.7. The first-order valence-corrected chi connectivity index (χ1v) is 9.58. The highest BCUT2D eigenvalue weighted by molar-refractivity contribution is 7.81. The Hall–Kier alpha value is -1.96. The van der Waals surface area contributed by atoms with Gasteiger partial charge in [-0.05, 0) is 11.1 Å². The second-order valence-corrected chi connectivity index (χ2v) is 7.07. The molecule has 0 radical (unpaired) electrons. The van der Waals surface area contributed by atoms with Gasteiger partial charge in [0.1, 0.15) is 14.1 Å². The van der Waals surface area contributed by atoms with Crippen molar-refractivity contribution in [1.29, 1.82) is 0 Å². The predicted octanol–water partition coefficient (Wildman–Crippen LogP) is -0.126. The first-order chi connectivity index (χ1) is 11.9. The van der Waals surface area contributed by atoms with Crippen molar-refractivity contribution in [2.75, 3.05) is 14.2 Å². The van der Waals surface area contributed by atoms with Crippen LogP contribution in [-0.2, 0) is 43.3 Å². The second-order valence-electron chi connectivity index (χ2n) is 4.69. The van der Waals surface area contributed by atoms with Gasteiger partial charge in [-0.3, -0.25) is 17.5 Å². The third-order valence-corrected chi connectivity index (χ3v) is 3.55. The van der Waals surface area contributed by atoms with E-state index < -0.39 is 20.8 Å². The summed E-state index contributed by atoms with van der Waals surface area (Å²) in [5, 5.41) is 0. The SMILES string of the molecule is COS(=O)(=O)O.COS(=O)(=O)O.C[n+]1ccc(-c2cc[n+](C)cc2)cc1. The maximum atomic E-state index is 9.33. The van der Waals surface area contributed by atoms with Crippen LogP contribution < -0.4 is 9.13 Å². The van der Waals surface area contributed by atoms with E-state index >= 15 is 0 Å². The van der Waals surface area contributed by atoms with Gasteiger partial charge in [0, 0.05) is 24.3 Å². The van der Waals surface area contributed by atoms with Gasteiger partial charge in [0.15, 0.2) is 24.8 Å². The van der Waals surface area contributed by atoms with Crippen molar-refractivity contribution in [3.8, 4) is 11.1 Å². The first kappa shape index (κ1) is 24.0. The molecule has 0 unspecified atom stereocenters. The number of pyridine rings is 2. The molecule has 146 valence electrons. The molecule has 2 N–H and O–H groups in total. The van der Waals surface area contributed by atoms with Gasteiger partial charge in [0.25, 0.3) is 0 Å². The molecule has 0 amide bonds. The predicted molar refractivity (Wildman–Crippen MR) is 91.3 cm³/mol. The summed E-state index contributed by atoms with van der Waals surface area (Å²) < 4.78 is 63.5. The molecular formula is C14H22N2O8S2+2. The molecule has 0 bridgehead atoms. The van der Waals surface area contributed by atoms with Crippen molar-refractivity contribution in [2.24, 2.45) is 14.1 Å². The average molecular weight is 410 g/mol. The zero-order chi connectivity index (χ0) is 20.4.